The molecule has 0 aliphatic carbocycles. The van der Waals surface area contributed by atoms with Gasteiger partial charge in [-0.2, -0.15) is 12.7 Å². The molecule has 10 nitrogen and oxygen atoms in total. The number of carbonyl (C=O) groups is 1. The van der Waals surface area contributed by atoms with E-state index in [1.165, 1.54) is 10.5 Å². The van der Waals surface area contributed by atoms with Crippen molar-refractivity contribution in [1.82, 2.24) is 24.6 Å². The Morgan fingerprint density at radius 3 is 2.42 bits per heavy atom. The Labute approximate surface area is 229 Å². The van der Waals surface area contributed by atoms with Gasteiger partial charge in [-0.05, 0) is 43.2 Å². The zero-order valence-corrected chi connectivity index (χ0v) is 22.3. The molecule has 3 aromatic heterocycles. The molecule has 40 heavy (non-hydrogen) atoms. The first kappa shape index (κ1) is 26.3. The molecule has 2 saturated heterocycles. The fraction of sp³-hybridized carbons (Fsp3) is 0.296. The number of H-pyrrole nitrogens is 1. The summed E-state index contributed by atoms with van der Waals surface area (Å²) in [6, 6.07) is 7.40. The van der Waals surface area contributed by atoms with Crippen LogP contribution in [0.5, 0.6) is 0 Å². The minimum absolute atomic E-state index is 0.00657. The van der Waals surface area contributed by atoms with E-state index < -0.39 is 38.9 Å². The maximum atomic E-state index is 15.5. The second-order valence-electron chi connectivity index (χ2n) is 9.79. The van der Waals surface area contributed by atoms with Gasteiger partial charge in [0.1, 0.15) is 17.3 Å². The van der Waals surface area contributed by atoms with Crippen molar-refractivity contribution in [3.8, 4) is 11.1 Å². The fourth-order valence-corrected chi connectivity index (χ4v) is 6.40. The van der Waals surface area contributed by atoms with Crippen LogP contribution in [0.3, 0.4) is 0 Å². The zero-order chi connectivity index (χ0) is 27.9. The summed E-state index contributed by atoms with van der Waals surface area (Å²) in [6.07, 6.45) is 6.09. The summed E-state index contributed by atoms with van der Waals surface area (Å²) in [5, 5.41) is 3.68. The molecule has 0 atom stereocenters. The van der Waals surface area contributed by atoms with Crippen LogP contribution in [0, 0.1) is 11.6 Å². The monoisotopic (exact) mass is 567 g/mol. The van der Waals surface area contributed by atoms with Gasteiger partial charge in [-0.15, -0.1) is 0 Å². The molecule has 0 unspecified atom stereocenters. The number of fused-ring (bicyclic) bond motifs is 1. The number of hydrogen-bond donors (Lipinski definition) is 3. The number of aromatic amines is 1. The van der Waals surface area contributed by atoms with E-state index in [4.69, 9.17) is 0 Å². The molecule has 2 aliphatic rings. The molecule has 4 aromatic rings. The number of nitrogens with zero attached hydrogens (tertiary/aromatic N) is 4. The summed E-state index contributed by atoms with van der Waals surface area (Å²) >= 11 is 0. The zero-order valence-electron chi connectivity index (χ0n) is 21.5. The van der Waals surface area contributed by atoms with E-state index >= 15 is 4.39 Å². The Morgan fingerprint density at radius 2 is 1.70 bits per heavy atom. The minimum Gasteiger partial charge on any atom is -0.354 e. The molecule has 0 spiro atoms. The van der Waals surface area contributed by atoms with E-state index in [9.17, 15) is 17.6 Å². The maximum absolute atomic E-state index is 15.5. The van der Waals surface area contributed by atoms with E-state index in [0.717, 1.165) is 49.7 Å². The standard InChI is InChI=1S/C27H27F2N7O3S/c28-21-4-5-22(34-40(38,39)36-9-1-2-10-36)25(29)24(21)26(37)20-16-33-27-19(20)13-18(15-32-27)17-3-6-23(31-14-17)35-11-7-30-8-12-35/h3-6,13-16,30,34H,1-2,7-12H2,(H,32,33). The summed E-state index contributed by atoms with van der Waals surface area (Å²) < 4.78 is 59.0. The highest BCUT2D eigenvalue weighted by molar-refractivity contribution is 7.90. The van der Waals surface area contributed by atoms with Crippen molar-refractivity contribution in [1.29, 1.82) is 0 Å². The SMILES string of the molecule is O=C(c1c(F)ccc(NS(=O)(=O)N2CCCC2)c1F)c1c[nH]c2ncc(-c3ccc(N4CCNCC4)nc3)cc12. The van der Waals surface area contributed by atoms with Gasteiger partial charge in [-0.3, -0.25) is 9.52 Å². The number of benzene rings is 1. The molecule has 0 amide bonds. The van der Waals surface area contributed by atoms with Gasteiger partial charge in [0, 0.05) is 79.9 Å². The van der Waals surface area contributed by atoms with Gasteiger partial charge in [0.2, 0.25) is 5.78 Å². The van der Waals surface area contributed by atoms with Crippen molar-refractivity contribution in [3.63, 3.8) is 0 Å². The Bertz CT molecular complexity index is 1680. The van der Waals surface area contributed by atoms with Gasteiger partial charge < -0.3 is 15.2 Å². The van der Waals surface area contributed by atoms with Crippen LogP contribution in [0.1, 0.15) is 28.8 Å². The average molecular weight is 568 g/mol. The lowest BCUT2D eigenvalue weighted by Crippen LogP contribution is -2.43. The normalized spacial score (nSPS) is 16.5. The molecule has 13 heteroatoms. The quantitative estimate of drug-likeness (QED) is 0.293. The number of rotatable bonds is 7. The van der Waals surface area contributed by atoms with Gasteiger partial charge >= 0.3 is 10.2 Å². The van der Waals surface area contributed by atoms with E-state index in [-0.39, 0.29) is 5.56 Å². The molecule has 2 fully saturated rings. The highest BCUT2D eigenvalue weighted by Crippen LogP contribution is 2.30. The van der Waals surface area contributed by atoms with Crippen LogP contribution in [0.25, 0.3) is 22.2 Å². The number of carbonyl (C=O) groups excluding carboxylic acids is 1. The van der Waals surface area contributed by atoms with E-state index in [1.54, 1.807) is 18.5 Å². The number of halogens is 2. The first-order chi connectivity index (χ1) is 19.3. The summed E-state index contributed by atoms with van der Waals surface area (Å²) in [6.45, 7) is 4.13. The van der Waals surface area contributed by atoms with Gasteiger partial charge in [0.05, 0.1) is 11.3 Å². The van der Waals surface area contributed by atoms with Crippen molar-refractivity contribution in [2.45, 2.75) is 12.8 Å². The van der Waals surface area contributed by atoms with Gasteiger partial charge in [-0.25, -0.2) is 18.7 Å². The Hall–Kier alpha value is -3.94. The number of aromatic nitrogens is 3. The molecule has 0 radical (unpaired) electrons. The number of ketones is 1. The van der Waals surface area contributed by atoms with E-state index in [0.29, 0.717) is 42.5 Å². The lowest BCUT2D eigenvalue weighted by Gasteiger charge is -2.28. The molecule has 2 aliphatic heterocycles. The Balaban J connectivity index is 1.31. The van der Waals surface area contributed by atoms with E-state index in [1.807, 2.05) is 12.1 Å². The molecule has 208 valence electrons. The van der Waals surface area contributed by atoms with Crippen molar-refractivity contribution in [2.24, 2.45) is 0 Å². The lowest BCUT2D eigenvalue weighted by molar-refractivity contribution is 0.103. The molecular weight excluding hydrogens is 540 g/mol. The third-order valence-electron chi connectivity index (χ3n) is 7.26. The predicted octanol–water partition coefficient (Wildman–Crippen LogP) is 3.30. The van der Waals surface area contributed by atoms with Crippen LogP contribution in [0.2, 0.25) is 0 Å². The maximum Gasteiger partial charge on any atom is 0.301 e. The third-order valence-corrected chi connectivity index (χ3v) is 8.78. The van der Waals surface area contributed by atoms with Gasteiger partial charge in [0.15, 0.2) is 5.82 Å². The Kier molecular flexibility index (Phi) is 6.94. The third kappa shape index (κ3) is 4.91. The van der Waals surface area contributed by atoms with Crippen LogP contribution in [-0.4, -0.2) is 72.7 Å². The van der Waals surface area contributed by atoms with Gasteiger partial charge in [0.25, 0.3) is 0 Å². The molecule has 0 saturated carbocycles. The molecule has 3 N–H and O–H groups in total. The van der Waals surface area contributed by atoms with Crippen molar-refractivity contribution >= 4 is 38.5 Å². The summed E-state index contributed by atoms with van der Waals surface area (Å²) in [5.74, 6) is -2.45. The van der Waals surface area contributed by atoms with Crippen molar-refractivity contribution < 1.29 is 22.0 Å². The highest BCUT2D eigenvalue weighted by atomic mass is 32.2. The first-order valence-electron chi connectivity index (χ1n) is 13.0. The topological polar surface area (TPSA) is 123 Å². The Morgan fingerprint density at radius 1 is 0.950 bits per heavy atom. The molecule has 5 heterocycles. The molecule has 6 rings (SSSR count). The molecule has 0 bridgehead atoms. The second-order valence-corrected chi connectivity index (χ2v) is 11.5. The number of hydrogen-bond acceptors (Lipinski definition) is 7. The van der Waals surface area contributed by atoms with Crippen molar-refractivity contribution in [2.75, 3.05) is 48.9 Å². The van der Waals surface area contributed by atoms with Crippen LogP contribution in [0.15, 0.2) is 48.9 Å². The number of nitrogens with one attached hydrogen (secondary N) is 3. The molecule has 1 aromatic carbocycles. The second kappa shape index (κ2) is 10.6. The van der Waals surface area contributed by atoms with Crippen molar-refractivity contribution in [3.05, 3.63) is 71.7 Å². The summed E-state index contributed by atoms with van der Waals surface area (Å²) in [7, 11) is -4.04. The van der Waals surface area contributed by atoms with Crippen LogP contribution in [0.4, 0.5) is 20.3 Å². The van der Waals surface area contributed by atoms with Gasteiger partial charge in [-0.1, -0.05) is 0 Å². The van der Waals surface area contributed by atoms with E-state index in [2.05, 4.69) is 29.9 Å². The largest absolute Gasteiger partial charge is 0.354 e. The van der Waals surface area contributed by atoms with Crippen LogP contribution in [-0.2, 0) is 10.2 Å². The summed E-state index contributed by atoms with van der Waals surface area (Å²) in [4.78, 5) is 27.5. The number of pyridine rings is 2. The molecular formula is C27H27F2N7O3S. The fourth-order valence-electron chi connectivity index (χ4n) is 5.09. The predicted molar refractivity (Wildman–Crippen MR) is 148 cm³/mol. The summed E-state index contributed by atoms with van der Waals surface area (Å²) in [5.41, 5.74) is 0.467. The first-order valence-corrected chi connectivity index (χ1v) is 14.5. The highest BCUT2D eigenvalue weighted by Gasteiger charge is 2.29. The number of piperazine rings is 1. The van der Waals surface area contributed by atoms with Crippen LogP contribution < -0.4 is 14.9 Å². The number of anilines is 2. The lowest BCUT2D eigenvalue weighted by atomic mass is 10.00. The minimum atomic E-state index is -4.04. The van der Waals surface area contributed by atoms with Crippen LogP contribution >= 0.6 is 0 Å². The average Bonchev–Trinajstić information content (AvgIpc) is 3.66. The smallest absolute Gasteiger partial charge is 0.301 e.